The summed E-state index contributed by atoms with van der Waals surface area (Å²) in [6, 6.07) is 0. The predicted molar refractivity (Wildman–Crippen MR) is 46.4 cm³/mol. The first-order valence-corrected chi connectivity index (χ1v) is 4.57. The number of carbonyl (C=O) groups excluding carboxylic acids is 1. The largest absolute Gasteiger partial charge is 0.303 e. The van der Waals surface area contributed by atoms with E-state index >= 15 is 0 Å². The molecule has 1 fully saturated rings. The molecule has 1 rings (SSSR count). The fourth-order valence-electron chi connectivity index (χ4n) is 1.56. The van der Waals surface area contributed by atoms with Crippen LogP contribution in [0, 0.1) is 17.3 Å². The van der Waals surface area contributed by atoms with Gasteiger partial charge in [0, 0.05) is 5.41 Å². The summed E-state index contributed by atoms with van der Waals surface area (Å²) in [6.07, 6.45) is 4.56. The predicted octanol–water partition coefficient (Wildman–Crippen LogP) is 2.65. The van der Waals surface area contributed by atoms with E-state index in [1.807, 2.05) is 0 Å². The van der Waals surface area contributed by atoms with Crippen LogP contribution in [-0.2, 0) is 4.79 Å². The Morgan fingerprint density at radius 1 is 1.64 bits per heavy atom. The van der Waals surface area contributed by atoms with E-state index in [-0.39, 0.29) is 5.41 Å². The number of aldehydes is 1. The molecule has 0 heterocycles. The fourth-order valence-corrected chi connectivity index (χ4v) is 1.56. The van der Waals surface area contributed by atoms with Crippen molar-refractivity contribution in [3.05, 3.63) is 0 Å². The molecule has 1 aliphatic rings. The minimum Gasteiger partial charge on any atom is -0.303 e. The Morgan fingerprint density at radius 3 is 2.45 bits per heavy atom. The van der Waals surface area contributed by atoms with E-state index in [1.54, 1.807) is 0 Å². The zero-order chi connectivity index (χ0) is 8.48. The Labute approximate surface area is 69.2 Å². The molecule has 0 saturated heterocycles. The van der Waals surface area contributed by atoms with E-state index in [0.29, 0.717) is 0 Å². The maximum atomic E-state index is 10.7. The quantitative estimate of drug-likeness (QED) is 0.569. The second kappa shape index (κ2) is 2.96. The summed E-state index contributed by atoms with van der Waals surface area (Å²) in [5.41, 5.74) is -0.0323. The minimum atomic E-state index is -0.0323. The summed E-state index contributed by atoms with van der Waals surface area (Å²) in [5.74, 6) is 1.71. The Morgan fingerprint density at radius 2 is 2.18 bits per heavy atom. The van der Waals surface area contributed by atoms with Gasteiger partial charge in [0.1, 0.15) is 6.29 Å². The molecule has 1 saturated carbocycles. The average Bonchev–Trinajstić information content (AvgIpc) is 2.66. The molecule has 0 amide bonds. The van der Waals surface area contributed by atoms with Gasteiger partial charge >= 0.3 is 0 Å². The van der Waals surface area contributed by atoms with E-state index in [2.05, 4.69) is 20.8 Å². The zero-order valence-corrected chi connectivity index (χ0v) is 7.76. The second-order valence-corrected chi connectivity index (χ2v) is 4.30. The molecule has 0 aromatic carbocycles. The van der Waals surface area contributed by atoms with Crippen molar-refractivity contribution in [2.75, 3.05) is 0 Å². The van der Waals surface area contributed by atoms with E-state index < -0.39 is 0 Å². The van der Waals surface area contributed by atoms with Gasteiger partial charge in [0.2, 0.25) is 0 Å². The zero-order valence-electron chi connectivity index (χ0n) is 7.76. The van der Waals surface area contributed by atoms with Crippen LogP contribution >= 0.6 is 0 Å². The molecule has 0 aliphatic heterocycles. The second-order valence-electron chi connectivity index (χ2n) is 4.30. The van der Waals surface area contributed by atoms with Gasteiger partial charge in [0.25, 0.3) is 0 Å². The molecule has 3 unspecified atom stereocenters. The fraction of sp³-hybridized carbons (Fsp3) is 0.900. The number of rotatable bonds is 4. The van der Waals surface area contributed by atoms with Crippen LogP contribution in [-0.4, -0.2) is 6.29 Å². The van der Waals surface area contributed by atoms with Crippen LogP contribution in [0.4, 0.5) is 0 Å². The monoisotopic (exact) mass is 154 g/mol. The molecule has 3 atom stereocenters. The van der Waals surface area contributed by atoms with Crippen molar-refractivity contribution < 1.29 is 4.79 Å². The highest BCUT2D eigenvalue weighted by molar-refractivity contribution is 5.58. The number of hydrogen-bond donors (Lipinski definition) is 0. The molecule has 0 spiro atoms. The van der Waals surface area contributed by atoms with Crippen molar-refractivity contribution in [2.24, 2.45) is 17.3 Å². The lowest BCUT2D eigenvalue weighted by atomic mass is 9.83. The maximum absolute atomic E-state index is 10.7. The van der Waals surface area contributed by atoms with Crippen LogP contribution in [0.15, 0.2) is 0 Å². The lowest BCUT2D eigenvalue weighted by molar-refractivity contribution is -0.116. The molecular formula is C10H18O. The van der Waals surface area contributed by atoms with Crippen LogP contribution in [0.5, 0.6) is 0 Å². The van der Waals surface area contributed by atoms with Gasteiger partial charge in [-0.1, -0.05) is 20.8 Å². The van der Waals surface area contributed by atoms with E-state index in [9.17, 15) is 4.79 Å². The van der Waals surface area contributed by atoms with Gasteiger partial charge in [-0.05, 0) is 31.1 Å². The molecule has 0 bridgehead atoms. The highest BCUT2D eigenvalue weighted by Gasteiger charge is 2.38. The Hall–Kier alpha value is -0.330. The Bertz CT molecular complexity index is 153. The highest BCUT2D eigenvalue weighted by atomic mass is 16.1. The van der Waals surface area contributed by atoms with Gasteiger partial charge in [0.05, 0.1) is 0 Å². The lowest BCUT2D eigenvalue weighted by Crippen LogP contribution is -2.17. The Kier molecular flexibility index (Phi) is 2.36. The summed E-state index contributed by atoms with van der Waals surface area (Å²) in [5, 5.41) is 0. The van der Waals surface area contributed by atoms with Crippen molar-refractivity contribution in [1.82, 2.24) is 0 Å². The molecule has 0 N–H and O–H groups in total. The first kappa shape index (κ1) is 8.76. The molecule has 1 heteroatoms. The molecule has 0 radical (unpaired) electrons. The summed E-state index contributed by atoms with van der Waals surface area (Å²) in [4.78, 5) is 10.7. The highest BCUT2D eigenvalue weighted by Crippen LogP contribution is 2.46. The number of carbonyl (C=O) groups is 1. The first-order chi connectivity index (χ1) is 5.11. The smallest absolute Gasteiger partial charge is 0.125 e. The molecule has 11 heavy (non-hydrogen) atoms. The van der Waals surface area contributed by atoms with Gasteiger partial charge in [0.15, 0.2) is 0 Å². The van der Waals surface area contributed by atoms with Crippen molar-refractivity contribution in [2.45, 2.75) is 40.0 Å². The average molecular weight is 154 g/mol. The van der Waals surface area contributed by atoms with E-state index in [4.69, 9.17) is 0 Å². The normalized spacial score (nSPS) is 34.5. The van der Waals surface area contributed by atoms with Crippen molar-refractivity contribution in [1.29, 1.82) is 0 Å². The SMILES string of the molecule is CCC(C)(C=O)CC1CC1C. The Balaban J connectivity index is 2.37. The standard InChI is InChI=1S/C10H18O/c1-4-10(3,7-11)6-9-5-8(9)2/h7-9H,4-6H2,1-3H3. The maximum Gasteiger partial charge on any atom is 0.125 e. The molecule has 0 aromatic heterocycles. The number of hydrogen-bond acceptors (Lipinski definition) is 1. The van der Waals surface area contributed by atoms with Gasteiger partial charge in [-0.3, -0.25) is 0 Å². The summed E-state index contributed by atoms with van der Waals surface area (Å²) in [6.45, 7) is 6.44. The van der Waals surface area contributed by atoms with Gasteiger partial charge < -0.3 is 4.79 Å². The molecule has 64 valence electrons. The van der Waals surface area contributed by atoms with Crippen molar-refractivity contribution in [3.63, 3.8) is 0 Å². The summed E-state index contributed by atoms with van der Waals surface area (Å²) >= 11 is 0. The van der Waals surface area contributed by atoms with Crippen LogP contribution < -0.4 is 0 Å². The molecular weight excluding hydrogens is 136 g/mol. The third kappa shape index (κ3) is 2.05. The molecule has 1 aliphatic carbocycles. The van der Waals surface area contributed by atoms with E-state index in [0.717, 1.165) is 31.0 Å². The van der Waals surface area contributed by atoms with Crippen LogP contribution in [0.1, 0.15) is 40.0 Å². The van der Waals surface area contributed by atoms with Crippen molar-refractivity contribution >= 4 is 6.29 Å². The third-order valence-corrected chi connectivity index (χ3v) is 3.10. The van der Waals surface area contributed by atoms with Crippen LogP contribution in [0.2, 0.25) is 0 Å². The third-order valence-electron chi connectivity index (χ3n) is 3.10. The van der Waals surface area contributed by atoms with Crippen LogP contribution in [0.3, 0.4) is 0 Å². The minimum absolute atomic E-state index is 0.0323. The van der Waals surface area contributed by atoms with Crippen molar-refractivity contribution in [3.8, 4) is 0 Å². The summed E-state index contributed by atoms with van der Waals surface area (Å²) < 4.78 is 0. The summed E-state index contributed by atoms with van der Waals surface area (Å²) in [7, 11) is 0. The first-order valence-electron chi connectivity index (χ1n) is 4.57. The lowest BCUT2D eigenvalue weighted by Gasteiger charge is -2.20. The molecule has 1 nitrogen and oxygen atoms in total. The van der Waals surface area contributed by atoms with Gasteiger partial charge in [-0.2, -0.15) is 0 Å². The van der Waals surface area contributed by atoms with Gasteiger partial charge in [-0.25, -0.2) is 0 Å². The molecule has 0 aromatic rings. The van der Waals surface area contributed by atoms with Crippen LogP contribution in [0.25, 0.3) is 0 Å². The topological polar surface area (TPSA) is 17.1 Å². The van der Waals surface area contributed by atoms with E-state index in [1.165, 1.54) is 6.42 Å². The van der Waals surface area contributed by atoms with Gasteiger partial charge in [-0.15, -0.1) is 0 Å².